The fraction of sp³-hybridized carbons (Fsp3) is 0.500. The molecule has 0 aliphatic rings. The van der Waals surface area contributed by atoms with E-state index in [9.17, 15) is 13.2 Å². The average molecular weight is 220 g/mol. The van der Waals surface area contributed by atoms with E-state index in [-0.39, 0.29) is 12.4 Å². The van der Waals surface area contributed by atoms with Gasteiger partial charge in [-0.2, -0.15) is 18.3 Å². The molecule has 1 heterocycles. The summed E-state index contributed by atoms with van der Waals surface area (Å²) in [6.45, 7) is 1.60. The van der Waals surface area contributed by atoms with Crippen LogP contribution in [0.5, 0.6) is 0 Å². The highest BCUT2D eigenvalue weighted by Crippen LogP contribution is 2.28. The maximum absolute atomic E-state index is 12.3. The topological polar surface area (TPSA) is 67.7 Å². The molecule has 0 spiro atoms. The Hall–Kier alpha value is -1.53. The molecule has 15 heavy (non-hydrogen) atoms. The maximum atomic E-state index is 12.3. The summed E-state index contributed by atoms with van der Waals surface area (Å²) in [5.74, 6) is -0.221. The number of alkyl halides is 3. The molecular weight excluding hydrogens is 209 g/mol. The van der Waals surface area contributed by atoms with E-state index in [0.29, 0.717) is 12.1 Å². The predicted octanol–water partition coefficient (Wildman–Crippen LogP) is 1.40. The normalized spacial score (nSPS) is 11.7. The van der Waals surface area contributed by atoms with Crippen molar-refractivity contribution in [3.05, 3.63) is 17.5 Å². The van der Waals surface area contributed by atoms with Gasteiger partial charge in [0.2, 0.25) is 0 Å². The van der Waals surface area contributed by atoms with E-state index in [1.807, 2.05) is 0 Å². The Bertz CT molecular complexity index is 366. The monoisotopic (exact) mass is 220 g/mol. The number of rotatable bonds is 3. The van der Waals surface area contributed by atoms with Gasteiger partial charge in [0.05, 0.1) is 6.54 Å². The highest BCUT2D eigenvalue weighted by Gasteiger charge is 2.34. The van der Waals surface area contributed by atoms with Crippen LogP contribution in [0, 0.1) is 5.41 Å². The van der Waals surface area contributed by atoms with Crippen molar-refractivity contribution < 1.29 is 13.2 Å². The number of nitrogens with zero attached hydrogens (tertiary/aromatic N) is 2. The standard InChI is InChI=1S/C8H11F3N4/c1-2-5-3-6(8(9,10)11)14-15(5)4-7(12)13/h3H,2,4H2,1H3,(H3,12,13). The lowest BCUT2D eigenvalue weighted by Gasteiger charge is -2.03. The minimum atomic E-state index is -4.45. The average Bonchev–Trinajstić information content (AvgIpc) is 2.45. The van der Waals surface area contributed by atoms with Crippen LogP contribution in [0.2, 0.25) is 0 Å². The van der Waals surface area contributed by atoms with Crippen LogP contribution in [-0.2, 0) is 19.1 Å². The summed E-state index contributed by atoms with van der Waals surface area (Å²) in [7, 11) is 0. The highest BCUT2D eigenvalue weighted by atomic mass is 19.4. The van der Waals surface area contributed by atoms with Crippen LogP contribution < -0.4 is 5.73 Å². The van der Waals surface area contributed by atoms with Crippen LogP contribution in [0.1, 0.15) is 18.3 Å². The van der Waals surface area contributed by atoms with Crippen LogP contribution in [0.25, 0.3) is 0 Å². The minimum absolute atomic E-state index is 0.112. The molecule has 0 aliphatic carbocycles. The third-order valence-corrected chi connectivity index (χ3v) is 1.84. The summed E-state index contributed by atoms with van der Waals surface area (Å²) in [6, 6.07) is 0.975. The highest BCUT2D eigenvalue weighted by molar-refractivity contribution is 5.76. The van der Waals surface area contributed by atoms with Crippen molar-refractivity contribution in [2.45, 2.75) is 26.1 Å². The van der Waals surface area contributed by atoms with Gasteiger partial charge in [-0.05, 0) is 12.5 Å². The lowest BCUT2D eigenvalue weighted by atomic mass is 10.3. The van der Waals surface area contributed by atoms with Gasteiger partial charge in [0.1, 0.15) is 5.84 Å². The number of halogens is 3. The molecule has 0 saturated carbocycles. The Morgan fingerprint density at radius 1 is 1.60 bits per heavy atom. The van der Waals surface area contributed by atoms with Crippen LogP contribution in [0.4, 0.5) is 13.2 Å². The Morgan fingerprint density at radius 2 is 2.20 bits per heavy atom. The fourth-order valence-electron chi connectivity index (χ4n) is 1.18. The summed E-state index contributed by atoms with van der Waals surface area (Å²) < 4.78 is 38.0. The smallest absolute Gasteiger partial charge is 0.386 e. The van der Waals surface area contributed by atoms with Crippen molar-refractivity contribution in [3.8, 4) is 0 Å². The van der Waals surface area contributed by atoms with Gasteiger partial charge in [-0.15, -0.1) is 0 Å². The van der Waals surface area contributed by atoms with Gasteiger partial charge in [-0.25, -0.2) is 0 Å². The van der Waals surface area contributed by atoms with Gasteiger partial charge >= 0.3 is 6.18 Å². The van der Waals surface area contributed by atoms with Gasteiger partial charge in [-0.3, -0.25) is 10.1 Å². The predicted molar refractivity (Wildman–Crippen MR) is 48.5 cm³/mol. The number of nitrogens with one attached hydrogen (secondary N) is 1. The first-order valence-electron chi connectivity index (χ1n) is 4.31. The zero-order valence-corrected chi connectivity index (χ0v) is 8.10. The largest absolute Gasteiger partial charge is 0.435 e. The van der Waals surface area contributed by atoms with Crippen LogP contribution in [0.3, 0.4) is 0 Å². The Labute approximate surface area is 84.4 Å². The molecule has 84 valence electrons. The molecule has 1 aromatic heterocycles. The molecule has 0 bridgehead atoms. The van der Waals surface area contributed by atoms with Crippen LogP contribution in [0.15, 0.2) is 6.07 Å². The zero-order valence-electron chi connectivity index (χ0n) is 8.10. The summed E-state index contributed by atoms with van der Waals surface area (Å²) >= 11 is 0. The minimum Gasteiger partial charge on any atom is -0.386 e. The molecule has 0 radical (unpaired) electrons. The molecule has 0 aliphatic heterocycles. The number of hydrogen-bond donors (Lipinski definition) is 2. The summed E-state index contributed by atoms with van der Waals surface area (Å²) in [4.78, 5) is 0. The van der Waals surface area contributed by atoms with E-state index in [4.69, 9.17) is 11.1 Å². The quantitative estimate of drug-likeness (QED) is 0.597. The second kappa shape index (κ2) is 3.92. The first-order valence-corrected chi connectivity index (χ1v) is 4.31. The lowest BCUT2D eigenvalue weighted by molar-refractivity contribution is -0.141. The van der Waals surface area contributed by atoms with Crippen molar-refractivity contribution in [1.29, 1.82) is 5.41 Å². The maximum Gasteiger partial charge on any atom is 0.435 e. The molecule has 0 saturated heterocycles. The lowest BCUT2D eigenvalue weighted by Crippen LogP contribution is -2.20. The molecular formula is C8H11F3N4. The van der Waals surface area contributed by atoms with Crippen molar-refractivity contribution in [2.75, 3.05) is 0 Å². The van der Waals surface area contributed by atoms with Crippen molar-refractivity contribution in [3.63, 3.8) is 0 Å². The summed E-state index contributed by atoms with van der Waals surface area (Å²) in [5.41, 5.74) is 4.58. The second-order valence-electron chi connectivity index (χ2n) is 3.06. The molecule has 0 aromatic carbocycles. The fourth-order valence-corrected chi connectivity index (χ4v) is 1.18. The SMILES string of the molecule is CCc1cc(C(F)(F)F)nn1CC(=N)N. The number of amidine groups is 1. The van der Waals surface area contributed by atoms with Crippen molar-refractivity contribution >= 4 is 5.84 Å². The third kappa shape index (κ3) is 2.71. The van der Waals surface area contributed by atoms with Gasteiger partial charge in [0.25, 0.3) is 0 Å². The molecule has 0 fully saturated rings. The molecule has 0 unspecified atom stereocenters. The van der Waals surface area contributed by atoms with Crippen LogP contribution >= 0.6 is 0 Å². The third-order valence-electron chi connectivity index (χ3n) is 1.84. The van der Waals surface area contributed by atoms with Crippen molar-refractivity contribution in [1.82, 2.24) is 9.78 Å². The molecule has 3 N–H and O–H groups in total. The molecule has 7 heteroatoms. The molecule has 1 rings (SSSR count). The number of aryl methyl sites for hydroxylation is 1. The number of hydrogen-bond acceptors (Lipinski definition) is 2. The van der Waals surface area contributed by atoms with E-state index in [1.165, 1.54) is 0 Å². The Balaban J connectivity index is 3.06. The molecule has 1 aromatic rings. The Morgan fingerprint density at radius 3 is 2.60 bits per heavy atom. The molecule has 0 amide bonds. The Kier molecular flexibility index (Phi) is 3.01. The molecule has 4 nitrogen and oxygen atoms in total. The number of aromatic nitrogens is 2. The summed E-state index contributed by atoms with van der Waals surface area (Å²) in [5, 5.41) is 10.4. The van der Waals surface area contributed by atoms with Gasteiger partial charge in [-0.1, -0.05) is 6.92 Å². The van der Waals surface area contributed by atoms with Crippen LogP contribution in [-0.4, -0.2) is 15.6 Å². The van der Waals surface area contributed by atoms with E-state index in [1.54, 1.807) is 6.92 Å². The summed E-state index contributed by atoms with van der Waals surface area (Å²) in [6.07, 6.45) is -4.04. The number of nitrogens with two attached hydrogens (primary N) is 1. The first-order chi connectivity index (χ1) is 6.84. The van der Waals surface area contributed by atoms with Crippen molar-refractivity contribution in [2.24, 2.45) is 5.73 Å². The molecule has 0 atom stereocenters. The van der Waals surface area contributed by atoms with E-state index >= 15 is 0 Å². The van der Waals surface area contributed by atoms with Gasteiger partial charge < -0.3 is 5.73 Å². The van der Waals surface area contributed by atoms with E-state index < -0.39 is 11.9 Å². The van der Waals surface area contributed by atoms with Gasteiger partial charge in [0.15, 0.2) is 5.69 Å². The zero-order chi connectivity index (χ0) is 11.6. The first kappa shape index (κ1) is 11.5. The van der Waals surface area contributed by atoms with Gasteiger partial charge in [0, 0.05) is 5.69 Å². The van der Waals surface area contributed by atoms with E-state index in [2.05, 4.69) is 5.10 Å². The van der Waals surface area contributed by atoms with E-state index in [0.717, 1.165) is 10.7 Å². The second-order valence-corrected chi connectivity index (χ2v) is 3.06.